The van der Waals surface area contributed by atoms with E-state index >= 15 is 0 Å². The van der Waals surface area contributed by atoms with Crippen LogP contribution in [0.5, 0.6) is 0 Å². The van der Waals surface area contributed by atoms with Gasteiger partial charge in [0.05, 0.1) is 17.0 Å². The number of nitrogens with zero attached hydrogens (tertiary/aromatic N) is 5. The van der Waals surface area contributed by atoms with Gasteiger partial charge in [0.2, 0.25) is 0 Å². The van der Waals surface area contributed by atoms with E-state index in [0.717, 1.165) is 55.0 Å². The molecule has 1 aliphatic rings. The summed E-state index contributed by atoms with van der Waals surface area (Å²) in [5, 5.41) is 4.58. The molecule has 0 radical (unpaired) electrons. The fourth-order valence-electron chi connectivity index (χ4n) is 3.56. The third-order valence-corrected chi connectivity index (χ3v) is 5.00. The van der Waals surface area contributed by atoms with Crippen LogP contribution < -0.4 is 5.56 Å². The number of fused-ring (bicyclic) bond motifs is 1. The Balaban J connectivity index is 1.54. The monoisotopic (exact) mass is 364 g/mol. The average molecular weight is 364 g/mol. The molecular formula is C20H24N6O. The summed E-state index contributed by atoms with van der Waals surface area (Å²) in [4.78, 5) is 26.6. The molecule has 0 saturated carbocycles. The van der Waals surface area contributed by atoms with Crippen LogP contribution in [0.25, 0.3) is 11.4 Å². The number of aryl methyl sites for hydroxylation is 2. The van der Waals surface area contributed by atoms with Crippen molar-refractivity contribution in [1.82, 2.24) is 29.6 Å². The van der Waals surface area contributed by atoms with Crippen LogP contribution in [0.1, 0.15) is 35.9 Å². The maximum absolute atomic E-state index is 12.7. The predicted octanol–water partition coefficient (Wildman–Crippen LogP) is 2.31. The maximum Gasteiger partial charge on any atom is 0.255 e. The number of rotatable bonds is 5. The summed E-state index contributed by atoms with van der Waals surface area (Å²) in [6.45, 7) is 7.45. The molecule has 4 heterocycles. The van der Waals surface area contributed by atoms with Crippen molar-refractivity contribution in [3.05, 3.63) is 63.6 Å². The molecule has 0 unspecified atom stereocenters. The fourth-order valence-corrected chi connectivity index (χ4v) is 3.56. The van der Waals surface area contributed by atoms with E-state index < -0.39 is 0 Å². The zero-order valence-corrected chi connectivity index (χ0v) is 15.8. The molecule has 0 amide bonds. The van der Waals surface area contributed by atoms with E-state index in [2.05, 4.69) is 40.0 Å². The lowest BCUT2D eigenvalue weighted by Gasteiger charge is -2.27. The van der Waals surface area contributed by atoms with Gasteiger partial charge in [-0.05, 0) is 25.5 Å². The lowest BCUT2D eigenvalue weighted by Crippen LogP contribution is -2.35. The van der Waals surface area contributed by atoms with Crippen LogP contribution in [-0.4, -0.2) is 36.2 Å². The summed E-state index contributed by atoms with van der Waals surface area (Å²) in [6, 6.07) is 3.72. The normalized spacial score (nSPS) is 14.3. The first-order valence-electron chi connectivity index (χ1n) is 9.41. The van der Waals surface area contributed by atoms with Crippen molar-refractivity contribution in [2.24, 2.45) is 0 Å². The molecule has 140 valence electrons. The van der Waals surface area contributed by atoms with Crippen LogP contribution in [0.4, 0.5) is 0 Å². The largest absolute Gasteiger partial charge is 0.306 e. The van der Waals surface area contributed by atoms with E-state index in [0.29, 0.717) is 12.4 Å². The van der Waals surface area contributed by atoms with Crippen LogP contribution in [0.3, 0.4) is 0 Å². The highest BCUT2D eigenvalue weighted by Gasteiger charge is 2.22. The molecule has 0 atom stereocenters. The number of aromatic nitrogens is 5. The number of aromatic amines is 1. The standard InChI is InChI=1S/C20H24N6O/c1-3-9-26-12-16(14(2)24-26)11-25-10-6-18-17(13-25)20(27)23-19(22-18)15-4-7-21-8-5-15/h4-5,7-8,12H,3,6,9-11,13H2,1-2H3,(H,22,23,27). The number of nitrogens with one attached hydrogen (secondary N) is 1. The molecule has 1 aliphatic heterocycles. The first-order chi connectivity index (χ1) is 13.1. The predicted molar refractivity (Wildman–Crippen MR) is 103 cm³/mol. The van der Waals surface area contributed by atoms with Crippen molar-refractivity contribution in [2.75, 3.05) is 6.54 Å². The van der Waals surface area contributed by atoms with Crippen molar-refractivity contribution in [3.8, 4) is 11.4 Å². The Bertz CT molecular complexity index is 991. The van der Waals surface area contributed by atoms with Gasteiger partial charge in [-0.15, -0.1) is 0 Å². The minimum Gasteiger partial charge on any atom is -0.306 e. The maximum atomic E-state index is 12.7. The molecule has 3 aromatic rings. The third-order valence-electron chi connectivity index (χ3n) is 5.00. The molecule has 0 bridgehead atoms. The molecule has 3 aromatic heterocycles. The molecule has 0 saturated heterocycles. The van der Waals surface area contributed by atoms with Crippen LogP contribution >= 0.6 is 0 Å². The van der Waals surface area contributed by atoms with Gasteiger partial charge >= 0.3 is 0 Å². The second-order valence-electron chi connectivity index (χ2n) is 7.04. The summed E-state index contributed by atoms with van der Waals surface area (Å²) >= 11 is 0. The number of pyridine rings is 1. The van der Waals surface area contributed by atoms with E-state index in [9.17, 15) is 4.79 Å². The van der Waals surface area contributed by atoms with Gasteiger partial charge in [-0.3, -0.25) is 19.4 Å². The minimum absolute atomic E-state index is 0.0464. The van der Waals surface area contributed by atoms with Gasteiger partial charge in [0, 0.05) is 62.3 Å². The molecule has 1 N–H and O–H groups in total. The van der Waals surface area contributed by atoms with Gasteiger partial charge in [-0.2, -0.15) is 5.10 Å². The van der Waals surface area contributed by atoms with Gasteiger partial charge in [0.1, 0.15) is 5.82 Å². The molecule has 27 heavy (non-hydrogen) atoms. The number of hydrogen-bond donors (Lipinski definition) is 1. The van der Waals surface area contributed by atoms with E-state index in [1.165, 1.54) is 5.56 Å². The van der Waals surface area contributed by atoms with E-state index in [1.54, 1.807) is 12.4 Å². The second kappa shape index (κ2) is 7.44. The summed E-state index contributed by atoms with van der Waals surface area (Å²) < 4.78 is 2.01. The van der Waals surface area contributed by atoms with Crippen molar-refractivity contribution < 1.29 is 0 Å². The second-order valence-corrected chi connectivity index (χ2v) is 7.04. The Morgan fingerprint density at radius 1 is 1.26 bits per heavy atom. The zero-order chi connectivity index (χ0) is 18.8. The van der Waals surface area contributed by atoms with E-state index in [4.69, 9.17) is 4.98 Å². The van der Waals surface area contributed by atoms with Crippen molar-refractivity contribution in [2.45, 2.75) is 46.3 Å². The van der Waals surface area contributed by atoms with Gasteiger partial charge in [0.15, 0.2) is 0 Å². The summed E-state index contributed by atoms with van der Waals surface area (Å²) in [5.74, 6) is 0.617. The van der Waals surface area contributed by atoms with Crippen molar-refractivity contribution >= 4 is 0 Å². The zero-order valence-electron chi connectivity index (χ0n) is 15.8. The lowest BCUT2D eigenvalue weighted by molar-refractivity contribution is 0.241. The molecule has 0 aromatic carbocycles. The molecule has 7 heteroatoms. The number of H-pyrrole nitrogens is 1. The Morgan fingerprint density at radius 3 is 2.85 bits per heavy atom. The first-order valence-corrected chi connectivity index (χ1v) is 9.41. The lowest BCUT2D eigenvalue weighted by atomic mass is 10.1. The average Bonchev–Trinajstić information content (AvgIpc) is 3.02. The smallest absolute Gasteiger partial charge is 0.255 e. The SMILES string of the molecule is CCCn1cc(CN2CCc3nc(-c4ccncc4)[nH]c(=O)c3C2)c(C)n1. The van der Waals surface area contributed by atoms with Crippen LogP contribution in [0, 0.1) is 6.92 Å². The quantitative estimate of drug-likeness (QED) is 0.751. The van der Waals surface area contributed by atoms with Crippen LogP contribution in [0.15, 0.2) is 35.5 Å². The Kier molecular flexibility index (Phi) is 4.85. The minimum atomic E-state index is -0.0464. The molecule has 0 aliphatic carbocycles. The molecule has 0 fully saturated rings. The molecular weight excluding hydrogens is 340 g/mol. The van der Waals surface area contributed by atoms with E-state index in [1.807, 2.05) is 16.8 Å². The third kappa shape index (κ3) is 3.68. The Labute approximate surface area is 158 Å². The topological polar surface area (TPSA) is 79.7 Å². The Morgan fingerprint density at radius 2 is 2.07 bits per heavy atom. The van der Waals surface area contributed by atoms with Gasteiger partial charge in [-0.1, -0.05) is 6.92 Å². The molecule has 7 nitrogen and oxygen atoms in total. The first kappa shape index (κ1) is 17.6. The van der Waals surface area contributed by atoms with Gasteiger partial charge < -0.3 is 4.98 Å². The highest BCUT2D eigenvalue weighted by molar-refractivity contribution is 5.54. The van der Waals surface area contributed by atoms with Crippen LogP contribution in [-0.2, 0) is 26.1 Å². The summed E-state index contributed by atoms with van der Waals surface area (Å²) in [5.41, 5.74) is 4.80. The van der Waals surface area contributed by atoms with Crippen molar-refractivity contribution in [1.29, 1.82) is 0 Å². The highest BCUT2D eigenvalue weighted by atomic mass is 16.1. The fraction of sp³-hybridized carbons (Fsp3) is 0.400. The van der Waals surface area contributed by atoms with Crippen molar-refractivity contribution in [3.63, 3.8) is 0 Å². The summed E-state index contributed by atoms with van der Waals surface area (Å²) in [6.07, 6.45) is 7.39. The molecule has 0 spiro atoms. The highest BCUT2D eigenvalue weighted by Crippen LogP contribution is 2.20. The number of hydrogen-bond acceptors (Lipinski definition) is 5. The van der Waals surface area contributed by atoms with Crippen LogP contribution in [0.2, 0.25) is 0 Å². The summed E-state index contributed by atoms with van der Waals surface area (Å²) in [7, 11) is 0. The van der Waals surface area contributed by atoms with Gasteiger partial charge in [0.25, 0.3) is 5.56 Å². The van der Waals surface area contributed by atoms with E-state index in [-0.39, 0.29) is 5.56 Å². The Hall–Kier alpha value is -2.80. The molecule has 4 rings (SSSR count). The van der Waals surface area contributed by atoms with Gasteiger partial charge in [-0.25, -0.2) is 4.98 Å².